The lowest BCUT2D eigenvalue weighted by atomic mass is 10.1. The molecule has 9 nitrogen and oxygen atoms in total. The highest BCUT2D eigenvalue weighted by atomic mass is 16.2. The number of aromatic amines is 1. The Morgan fingerprint density at radius 2 is 1.65 bits per heavy atom. The van der Waals surface area contributed by atoms with E-state index in [2.05, 4.69) is 15.2 Å². The third-order valence-corrected chi connectivity index (χ3v) is 4.12. The molecule has 1 N–H and O–H groups in total. The van der Waals surface area contributed by atoms with Crippen molar-refractivity contribution in [1.82, 2.24) is 25.0 Å². The van der Waals surface area contributed by atoms with Gasteiger partial charge in [-0.25, -0.2) is 4.98 Å². The van der Waals surface area contributed by atoms with Crippen molar-refractivity contribution in [3.8, 4) is 0 Å². The van der Waals surface area contributed by atoms with Crippen molar-refractivity contribution in [2.45, 2.75) is 12.8 Å². The molecule has 0 aliphatic carbocycles. The summed E-state index contributed by atoms with van der Waals surface area (Å²) in [5, 5.41) is 6.96. The highest BCUT2D eigenvalue weighted by molar-refractivity contribution is 6.25. The number of nitrogens with zero attached hydrogens (tertiary/aromatic N) is 4. The zero-order valence-corrected chi connectivity index (χ0v) is 11.9. The van der Waals surface area contributed by atoms with Gasteiger partial charge in [0.2, 0.25) is 11.8 Å². The minimum atomic E-state index is -0.473. The van der Waals surface area contributed by atoms with E-state index in [1.54, 1.807) is 0 Å². The van der Waals surface area contributed by atoms with Gasteiger partial charge in [-0.1, -0.05) is 0 Å². The van der Waals surface area contributed by atoms with Crippen LogP contribution in [0.4, 0.5) is 0 Å². The fourth-order valence-corrected chi connectivity index (χ4v) is 2.94. The van der Waals surface area contributed by atoms with E-state index in [9.17, 15) is 19.2 Å². The Labute approximate surface area is 129 Å². The van der Waals surface area contributed by atoms with Crippen molar-refractivity contribution >= 4 is 34.7 Å². The van der Waals surface area contributed by atoms with E-state index in [1.807, 2.05) is 0 Å². The first-order valence-corrected chi connectivity index (χ1v) is 7.09. The first-order chi connectivity index (χ1) is 11.1. The van der Waals surface area contributed by atoms with E-state index in [4.69, 9.17) is 0 Å². The lowest BCUT2D eigenvalue weighted by Crippen LogP contribution is -2.40. The zero-order valence-electron chi connectivity index (χ0n) is 11.9. The molecular formula is C14H11N5O4. The second-order valence-corrected chi connectivity index (χ2v) is 5.38. The predicted molar refractivity (Wildman–Crippen MR) is 75.2 cm³/mol. The van der Waals surface area contributed by atoms with Gasteiger partial charge in [0.25, 0.3) is 11.8 Å². The molecule has 0 bridgehead atoms. The SMILES string of the molecule is O=C1CCC(=O)N1CCN1C(=O)c2cnc3[nH]ncc3c2C1=O. The molecule has 0 saturated carbocycles. The highest BCUT2D eigenvalue weighted by Gasteiger charge is 2.39. The van der Waals surface area contributed by atoms with Crippen LogP contribution >= 0.6 is 0 Å². The number of rotatable bonds is 3. The Balaban J connectivity index is 1.62. The number of carbonyl (C=O) groups excluding carboxylic acids is 4. The molecule has 0 aromatic carbocycles. The van der Waals surface area contributed by atoms with E-state index in [0.29, 0.717) is 11.0 Å². The van der Waals surface area contributed by atoms with E-state index >= 15 is 0 Å². The lowest BCUT2D eigenvalue weighted by Gasteiger charge is -2.18. The van der Waals surface area contributed by atoms with Gasteiger partial charge in [-0.3, -0.25) is 34.1 Å². The molecule has 1 saturated heterocycles. The number of hydrogen-bond donors (Lipinski definition) is 1. The van der Waals surface area contributed by atoms with Gasteiger partial charge in [-0.2, -0.15) is 5.10 Å². The summed E-state index contributed by atoms with van der Waals surface area (Å²) in [5.41, 5.74) is 0.896. The van der Waals surface area contributed by atoms with Crippen molar-refractivity contribution < 1.29 is 19.2 Å². The van der Waals surface area contributed by atoms with Crippen LogP contribution in [0.3, 0.4) is 0 Å². The largest absolute Gasteiger partial charge is 0.281 e. The molecule has 2 aromatic heterocycles. The summed E-state index contributed by atoms with van der Waals surface area (Å²) in [6, 6.07) is 0. The van der Waals surface area contributed by atoms with Gasteiger partial charge in [0.15, 0.2) is 5.65 Å². The van der Waals surface area contributed by atoms with E-state index in [1.165, 1.54) is 12.4 Å². The van der Waals surface area contributed by atoms with Gasteiger partial charge in [0.1, 0.15) is 0 Å². The Morgan fingerprint density at radius 3 is 2.39 bits per heavy atom. The maximum Gasteiger partial charge on any atom is 0.263 e. The second kappa shape index (κ2) is 4.70. The fourth-order valence-electron chi connectivity index (χ4n) is 2.94. The fraction of sp³-hybridized carbons (Fsp3) is 0.286. The predicted octanol–water partition coefficient (Wildman–Crippen LogP) is -0.297. The van der Waals surface area contributed by atoms with Crippen molar-refractivity contribution in [3.63, 3.8) is 0 Å². The van der Waals surface area contributed by atoms with Crippen LogP contribution in [-0.4, -0.2) is 61.7 Å². The Bertz CT molecular complexity index is 870. The molecule has 0 spiro atoms. The van der Waals surface area contributed by atoms with Crippen LogP contribution in [0.5, 0.6) is 0 Å². The summed E-state index contributed by atoms with van der Waals surface area (Å²) >= 11 is 0. The summed E-state index contributed by atoms with van der Waals surface area (Å²) in [6.45, 7) is -0.00569. The van der Waals surface area contributed by atoms with Crippen LogP contribution < -0.4 is 0 Å². The molecule has 23 heavy (non-hydrogen) atoms. The summed E-state index contributed by atoms with van der Waals surface area (Å²) < 4.78 is 0. The number of H-pyrrole nitrogens is 1. The third kappa shape index (κ3) is 1.86. The van der Waals surface area contributed by atoms with Crippen molar-refractivity contribution in [3.05, 3.63) is 23.5 Å². The monoisotopic (exact) mass is 313 g/mol. The number of pyridine rings is 1. The molecule has 2 aliphatic heterocycles. The molecule has 4 rings (SSSR count). The number of aromatic nitrogens is 3. The smallest absolute Gasteiger partial charge is 0.263 e. The van der Waals surface area contributed by atoms with Crippen molar-refractivity contribution in [2.24, 2.45) is 0 Å². The number of nitrogens with one attached hydrogen (secondary N) is 1. The van der Waals surface area contributed by atoms with Gasteiger partial charge < -0.3 is 0 Å². The molecule has 4 amide bonds. The van der Waals surface area contributed by atoms with Crippen LogP contribution in [-0.2, 0) is 9.59 Å². The number of likely N-dealkylation sites (tertiary alicyclic amines) is 1. The van der Waals surface area contributed by atoms with Crippen LogP contribution in [0, 0.1) is 0 Å². The van der Waals surface area contributed by atoms with Gasteiger partial charge in [-0.05, 0) is 0 Å². The van der Waals surface area contributed by atoms with Gasteiger partial charge in [-0.15, -0.1) is 0 Å². The molecule has 0 radical (unpaired) electrons. The molecule has 116 valence electrons. The van der Waals surface area contributed by atoms with Gasteiger partial charge in [0, 0.05) is 32.1 Å². The third-order valence-electron chi connectivity index (χ3n) is 4.12. The topological polar surface area (TPSA) is 116 Å². The van der Waals surface area contributed by atoms with Crippen LogP contribution in [0.25, 0.3) is 11.0 Å². The number of carbonyl (C=O) groups is 4. The van der Waals surface area contributed by atoms with E-state index < -0.39 is 11.8 Å². The van der Waals surface area contributed by atoms with Crippen LogP contribution in [0.1, 0.15) is 33.6 Å². The molecule has 2 aromatic rings. The second-order valence-electron chi connectivity index (χ2n) is 5.38. The minimum absolute atomic E-state index is 0.0189. The highest BCUT2D eigenvalue weighted by Crippen LogP contribution is 2.28. The molecular weight excluding hydrogens is 302 g/mol. The average molecular weight is 313 g/mol. The number of amides is 4. The Hall–Kier alpha value is -3.10. The van der Waals surface area contributed by atoms with Crippen LogP contribution in [0.2, 0.25) is 0 Å². The maximum absolute atomic E-state index is 12.5. The van der Waals surface area contributed by atoms with Gasteiger partial charge >= 0.3 is 0 Å². The number of fused-ring (bicyclic) bond motifs is 3. The van der Waals surface area contributed by atoms with Crippen LogP contribution in [0.15, 0.2) is 12.4 Å². The number of hydrogen-bond acceptors (Lipinski definition) is 6. The summed E-state index contributed by atoms with van der Waals surface area (Å²) in [4.78, 5) is 54.3. The average Bonchev–Trinajstić information content (AvgIpc) is 3.19. The minimum Gasteiger partial charge on any atom is -0.281 e. The standard InChI is InChI=1S/C14H11N5O4/c20-9-1-2-10(21)18(9)3-4-19-13(22)8-5-15-12-7(6-16-17-12)11(8)14(19)23/h5-6H,1-4H2,(H,15,16,17). The molecule has 0 unspecified atom stereocenters. The quantitative estimate of drug-likeness (QED) is 0.778. The van der Waals surface area contributed by atoms with Crippen molar-refractivity contribution in [2.75, 3.05) is 13.1 Å². The van der Waals surface area contributed by atoms with Crippen molar-refractivity contribution in [1.29, 1.82) is 0 Å². The summed E-state index contributed by atoms with van der Waals surface area (Å²) in [6.07, 6.45) is 3.15. The number of imide groups is 2. The van der Waals surface area contributed by atoms with Gasteiger partial charge in [0.05, 0.1) is 22.7 Å². The molecule has 4 heterocycles. The first kappa shape index (κ1) is 13.6. The zero-order chi connectivity index (χ0) is 16.1. The normalized spacial score (nSPS) is 17.7. The first-order valence-electron chi connectivity index (χ1n) is 7.09. The molecule has 0 atom stereocenters. The Kier molecular flexibility index (Phi) is 2.77. The molecule has 1 fully saturated rings. The van der Waals surface area contributed by atoms with E-state index in [-0.39, 0.29) is 48.9 Å². The molecule has 2 aliphatic rings. The van der Waals surface area contributed by atoms with E-state index in [0.717, 1.165) is 9.80 Å². The maximum atomic E-state index is 12.5. The summed E-state index contributed by atoms with van der Waals surface area (Å²) in [7, 11) is 0. The lowest BCUT2D eigenvalue weighted by molar-refractivity contribution is -0.138. The Morgan fingerprint density at radius 1 is 0.957 bits per heavy atom. The summed E-state index contributed by atoms with van der Waals surface area (Å²) in [5.74, 6) is -1.48. The molecule has 9 heteroatoms.